The molecule has 4 heteroatoms. The van der Waals surface area contributed by atoms with Gasteiger partial charge in [0.25, 0.3) is 0 Å². The van der Waals surface area contributed by atoms with Gasteiger partial charge in [0.1, 0.15) is 0 Å². The molecule has 2 unspecified atom stereocenters. The minimum atomic E-state index is -0.0338. The summed E-state index contributed by atoms with van der Waals surface area (Å²) in [5.74, 6) is 0.124. The van der Waals surface area contributed by atoms with Gasteiger partial charge in [-0.2, -0.15) is 5.26 Å². The molecule has 3 nitrogen and oxygen atoms in total. The summed E-state index contributed by atoms with van der Waals surface area (Å²) in [4.78, 5) is 15.2. The minimum absolute atomic E-state index is 0.0215. The third-order valence-corrected chi connectivity index (χ3v) is 4.62. The van der Waals surface area contributed by atoms with Crippen LogP contribution in [0.15, 0.2) is 29.2 Å². The van der Waals surface area contributed by atoms with Crippen molar-refractivity contribution in [3.63, 3.8) is 0 Å². The van der Waals surface area contributed by atoms with Crippen LogP contribution in [0.1, 0.15) is 18.9 Å². The molecule has 18 heavy (non-hydrogen) atoms. The van der Waals surface area contributed by atoms with Crippen molar-refractivity contribution >= 4 is 17.7 Å². The van der Waals surface area contributed by atoms with Crippen molar-refractivity contribution in [1.82, 2.24) is 4.90 Å². The second-order valence-corrected chi connectivity index (χ2v) is 5.82. The van der Waals surface area contributed by atoms with Gasteiger partial charge in [0.05, 0.1) is 17.7 Å². The maximum absolute atomic E-state index is 12.3. The van der Waals surface area contributed by atoms with Crippen molar-refractivity contribution in [2.75, 3.05) is 7.05 Å². The highest BCUT2D eigenvalue weighted by atomic mass is 32.2. The van der Waals surface area contributed by atoms with Crippen LogP contribution >= 0.6 is 11.8 Å². The number of amides is 1. The van der Waals surface area contributed by atoms with Crippen molar-refractivity contribution in [3.05, 3.63) is 29.8 Å². The van der Waals surface area contributed by atoms with E-state index in [0.717, 1.165) is 6.42 Å². The first-order valence-corrected chi connectivity index (χ1v) is 6.89. The summed E-state index contributed by atoms with van der Waals surface area (Å²) < 4.78 is 0. The molecule has 0 fully saturated rings. The third kappa shape index (κ3) is 2.51. The Morgan fingerprint density at radius 1 is 1.61 bits per heavy atom. The van der Waals surface area contributed by atoms with Gasteiger partial charge in [-0.25, -0.2) is 0 Å². The van der Waals surface area contributed by atoms with Gasteiger partial charge in [-0.05, 0) is 25.0 Å². The number of nitriles is 1. The molecule has 1 amide bonds. The predicted molar refractivity (Wildman–Crippen MR) is 72.3 cm³/mol. The number of rotatable bonds is 3. The number of carbonyl (C=O) groups is 1. The average Bonchev–Trinajstić information content (AvgIpc) is 2.81. The molecule has 0 aliphatic carbocycles. The van der Waals surface area contributed by atoms with E-state index in [2.05, 4.69) is 18.2 Å². The predicted octanol–water partition coefficient (Wildman–Crippen LogP) is 2.46. The molecule has 0 aromatic heterocycles. The van der Waals surface area contributed by atoms with Gasteiger partial charge in [0.2, 0.25) is 5.91 Å². The molecule has 1 aromatic carbocycles. The van der Waals surface area contributed by atoms with E-state index in [4.69, 9.17) is 5.26 Å². The molecule has 1 aliphatic rings. The molecule has 0 saturated carbocycles. The third-order valence-electron chi connectivity index (χ3n) is 3.32. The molecule has 1 heterocycles. The van der Waals surface area contributed by atoms with Crippen LogP contribution in [0.5, 0.6) is 0 Å². The minimum Gasteiger partial charge on any atom is -0.341 e. The zero-order valence-corrected chi connectivity index (χ0v) is 11.4. The van der Waals surface area contributed by atoms with Crippen molar-refractivity contribution < 1.29 is 4.79 Å². The highest BCUT2D eigenvalue weighted by molar-refractivity contribution is 8.01. The Bertz CT molecular complexity index is 470. The van der Waals surface area contributed by atoms with Gasteiger partial charge >= 0.3 is 0 Å². The molecule has 0 spiro atoms. The maximum Gasteiger partial charge on any atom is 0.236 e. The van der Waals surface area contributed by atoms with Crippen LogP contribution in [0.2, 0.25) is 0 Å². The summed E-state index contributed by atoms with van der Waals surface area (Å²) in [6, 6.07) is 10.2. The van der Waals surface area contributed by atoms with Crippen LogP contribution in [0, 0.1) is 11.3 Å². The van der Waals surface area contributed by atoms with Crippen LogP contribution in [-0.2, 0) is 11.2 Å². The Balaban J connectivity index is 2.03. The average molecular weight is 260 g/mol. The number of hydrogen-bond donors (Lipinski definition) is 0. The normalized spacial score (nSPS) is 18.8. The lowest BCUT2D eigenvalue weighted by Gasteiger charge is -2.25. The highest BCUT2D eigenvalue weighted by Crippen LogP contribution is 2.37. The first kappa shape index (κ1) is 13.0. The standard InChI is InChI=1S/C14H16N2OS/c1-10(7-8-15)16(2)14(17)13-9-11-5-3-4-6-12(11)18-13/h3-6,10,13H,7,9H2,1-2H3. The summed E-state index contributed by atoms with van der Waals surface area (Å²) in [5, 5.41) is 8.65. The van der Waals surface area contributed by atoms with Crippen LogP contribution in [0.25, 0.3) is 0 Å². The lowest BCUT2D eigenvalue weighted by atomic mass is 10.1. The highest BCUT2D eigenvalue weighted by Gasteiger charge is 2.31. The van der Waals surface area contributed by atoms with E-state index in [9.17, 15) is 4.79 Å². The fourth-order valence-corrected chi connectivity index (χ4v) is 3.33. The number of thioether (sulfide) groups is 1. The van der Waals surface area contributed by atoms with Gasteiger partial charge in [0.15, 0.2) is 0 Å². The van der Waals surface area contributed by atoms with E-state index in [0.29, 0.717) is 6.42 Å². The number of nitrogens with zero attached hydrogens (tertiary/aromatic N) is 2. The second-order valence-electron chi connectivity index (χ2n) is 4.58. The summed E-state index contributed by atoms with van der Waals surface area (Å²) in [6.07, 6.45) is 1.18. The molecular formula is C14H16N2OS. The van der Waals surface area contributed by atoms with Crippen molar-refractivity contribution in [3.8, 4) is 6.07 Å². The Morgan fingerprint density at radius 3 is 3.00 bits per heavy atom. The van der Waals surface area contributed by atoms with E-state index in [1.807, 2.05) is 19.1 Å². The summed E-state index contributed by atoms with van der Waals surface area (Å²) in [7, 11) is 1.79. The summed E-state index contributed by atoms with van der Waals surface area (Å²) >= 11 is 1.63. The lowest BCUT2D eigenvalue weighted by molar-refractivity contribution is -0.130. The molecule has 2 rings (SSSR count). The maximum atomic E-state index is 12.3. The number of fused-ring (bicyclic) bond motifs is 1. The Labute approximate surface area is 112 Å². The first-order chi connectivity index (χ1) is 8.63. The van der Waals surface area contributed by atoms with E-state index in [-0.39, 0.29) is 17.2 Å². The van der Waals surface area contributed by atoms with Gasteiger partial charge < -0.3 is 4.90 Å². The second kappa shape index (κ2) is 5.45. The Morgan fingerprint density at radius 2 is 2.33 bits per heavy atom. The summed E-state index contributed by atoms with van der Waals surface area (Å²) in [6.45, 7) is 1.91. The molecule has 2 atom stereocenters. The molecule has 0 radical (unpaired) electrons. The van der Waals surface area contributed by atoms with Gasteiger partial charge in [0, 0.05) is 18.0 Å². The van der Waals surface area contributed by atoms with Crippen molar-refractivity contribution in [1.29, 1.82) is 5.26 Å². The van der Waals surface area contributed by atoms with Gasteiger partial charge in [-0.15, -0.1) is 11.8 Å². The van der Waals surface area contributed by atoms with Crippen molar-refractivity contribution in [2.24, 2.45) is 0 Å². The fraction of sp³-hybridized carbons (Fsp3) is 0.429. The number of hydrogen-bond acceptors (Lipinski definition) is 3. The topological polar surface area (TPSA) is 44.1 Å². The van der Waals surface area contributed by atoms with Crippen molar-refractivity contribution in [2.45, 2.75) is 36.0 Å². The van der Waals surface area contributed by atoms with E-state index in [1.165, 1.54) is 10.5 Å². The molecule has 1 aliphatic heterocycles. The molecule has 94 valence electrons. The Hall–Kier alpha value is -1.47. The smallest absolute Gasteiger partial charge is 0.236 e. The lowest BCUT2D eigenvalue weighted by Crippen LogP contribution is -2.40. The molecule has 0 bridgehead atoms. The van der Waals surface area contributed by atoms with Crippen LogP contribution in [0.4, 0.5) is 0 Å². The quantitative estimate of drug-likeness (QED) is 0.838. The number of benzene rings is 1. The van der Waals surface area contributed by atoms with Crippen LogP contribution in [0.3, 0.4) is 0 Å². The molecule has 0 saturated heterocycles. The largest absolute Gasteiger partial charge is 0.341 e. The zero-order chi connectivity index (χ0) is 13.1. The summed E-state index contributed by atoms with van der Waals surface area (Å²) in [5.41, 5.74) is 1.25. The number of carbonyl (C=O) groups excluding carboxylic acids is 1. The van der Waals surface area contributed by atoms with Crippen LogP contribution in [-0.4, -0.2) is 29.1 Å². The molecule has 0 N–H and O–H groups in total. The van der Waals surface area contributed by atoms with Crippen LogP contribution < -0.4 is 0 Å². The molecule has 1 aromatic rings. The fourth-order valence-electron chi connectivity index (χ4n) is 2.03. The first-order valence-electron chi connectivity index (χ1n) is 6.01. The monoisotopic (exact) mass is 260 g/mol. The molecular weight excluding hydrogens is 244 g/mol. The SMILES string of the molecule is CC(CC#N)N(C)C(=O)C1Cc2ccccc2S1. The zero-order valence-electron chi connectivity index (χ0n) is 10.6. The van der Waals surface area contributed by atoms with E-state index < -0.39 is 0 Å². The Kier molecular flexibility index (Phi) is 3.93. The van der Waals surface area contributed by atoms with Gasteiger partial charge in [-0.1, -0.05) is 18.2 Å². The van der Waals surface area contributed by atoms with E-state index >= 15 is 0 Å². The van der Waals surface area contributed by atoms with Gasteiger partial charge in [-0.3, -0.25) is 4.79 Å². The van der Waals surface area contributed by atoms with E-state index in [1.54, 1.807) is 23.7 Å².